The van der Waals surface area contributed by atoms with Gasteiger partial charge in [0.25, 0.3) is 0 Å². The summed E-state index contributed by atoms with van der Waals surface area (Å²) in [5, 5.41) is 8.56. The first-order chi connectivity index (χ1) is 6.63. The molecule has 0 atom stereocenters. The molecule has 6 heteroatoms. The number of aromatic nitrogens is 2. The Bertz CT molecular complexity index is 329. The maximum atomic E-state index is 10.4. The van der Waals surface area contributed by atoms with E-state index in [2.05, 4.69) is 9.97 Å². The third kappa shape index (κ3) is 2.58. The van der Waals surface area contributed by atoms with E-state index in [-0.39, 0.29) is 12.6 Å². The van der Waals surface area contributed by atoms with Crippen LogP contribution >= 0.6 is 0 Å². The SMILES string of the molecule is COc1nccc(N(C)CC(=O)O)n1. The summed E-state index contributed by atoms with van der Waals surface area (Å²) in [4.78, 5) is 19.7. The van der Waals surface area contributed by atoms with Crippen LogP contribution in [0.3, 0.4) is 0 Å². The first-order valence-electron chi connectivity index (χ1n) is 3.93. The van der Waals surface area contributed by atoms with Gasteiger partial charge in [-0.25, -0.2) is 4.98 Å². The number of likely N-dealkylation sites (N-methyl/N-ethyl adjacent to an activating group) is 1. The van der Waals surface area contributed by atoms with Gasteiger partial charge in [-0.3, -0.25) is 4.79 Å². The minimum atomic E-state index is -0.912. The van der Waals surface area contributed by atoms with E-state index in [0.29, 0.717) is 5.82 Å². The molecule has 0 fully saturated rings. The van der Waals surface area contributed by atoms with Gasteiger partial charge in [0, 0.05) is 13.2 Å². The third-order valence-electron chi connectivity index (χ3n) is 1.56. The van der Waals surface area contributed by atoms with Gasteiger partial charge in [0.1, 0.15) is 12.4 Å². The summed E-state index contributed by atoms with van der Waals surface area (Å²) in [5.41, 5.74) is 0. The minimum Gasteiger partial charge on any atom is -0.480 e. The van der Waals surface area contributed by atoms with Crippen LogP contribution in [0.1, 0.15) is 0 Å². The molecule has 1 rings (SSSR count). The molecule has 1 aromatic rings. The molecular weight excluding hydrogens is 186 g/mol. The molecule has 0 aliphatic rings. The summed E-state index contributed by atoms with van der Waals surface area (Å²) in [6, 6.07) is 1.84. The molecule has 0 aromatic carbocycles. The topological polar surface area (TPSA) is 75.5 Å². The van der Waals surface area contributed by atoms with Crippen LogP contribution in [0.15, 0.2) is 12.3 Å². The van der Waals surface area contributed by atoms with Gasteiger partial charge in [0.2, 0.25) is 0 Å². The summed E-state index contributed by atoms with van der Waals surface area (Å²) in [7, 11) is 3.09. The Hall–Kier alpha value is -1.85. The Morgan fingerprint density at radius 2 is 2.43 bits per heavy atom. The number of rotatable bonds is 4. The quantitative estimate of drug-likeness (QED) is 0.732. The van der Waals surface area contributed by atoms with Crippen molar-refractivity contribution in [3.8, 4) is 6.01 Å². The van der Waals surface area contributed by atoms with Crippen molar-refractivity contribution in [1.82, 2.24) is 9.97 Å². The second-order valence-electron chi connectivity index (χ2n) is 2.65. The van der Waals surface area contributed by atoms with Crippen molar-refractivity contribution < 1.29 is 14.6 Å². The summed E-state index contributed by atoms with van der Waals surface area (Å²) in [5.74, 6) is -0.399. The van der Waals surface area contributed by atoms with E-state index in [9.17, 15) is 4.79 Å². The summed E-state index contributed by atoms with van der Waals surface area (Å²) >= 11 is 0. The van der Waals surface area contributed by atoms with Gasteiger partial charge in [-0.1, -0.05) is 0 Å². The molecule has 1 heterocycles. The van der Waals surface area contributed by atoms with Crippen molar-refractivity contribution in [3.63, 3.8) is 0 Å². The molecule has 0 unspecified atom stereocenters. The van der Waals surface area contributed by atoms with Crippen molar-refractivity contribution >= 4 is 11.8 Å². The molecule has 1 aromatic heterocycles. The van der Waals surface area contributed by atoms with E-state index >= 15 is 0 Å². The molecule has 0 radical (unpaired) electrons. The fourth-order valence-electron chi connectivity index (χ4n) is 0.927. The summed E-state index contributed by atoms with van der Waals surface area (Å²) in [6.07, 6.45) is 1.51. The van der Waals surface area contributed by atoms with E-state index in [4.69, 9.17) is 9.84 Å². The maximum absolute atomic E-state index is 10.4. The van der Waals surface area contributed by atoms with Crippen molar-refractivity contribution in [2.24, 2.45) is 0 Å². The first kappa shape index (κ1) is 10.2. The Balaban J connectivity index is 2.78. The Labute approximate surface area is 81.2 Å². The number of anilines is 1. The van der Waals surface area contributed by atoms with Crippen molar-refractivity contribution in [3.05, 3.63) is 12.3 Å². The third-order valence-corrected chi connectivity index (χ3v) is 1.56. The molecule has 0 aliphatic carbocycles. The zero-order valence-corrected chi connectivity index (χ0v) is 7.97. The average Bonchev–Trinajstić information content (AvgIpc) is 2.17. The molecule has 14 heavy (non-hydrogen) atoms. The smallest absolute Gasteiger partial charge is 0.323 e. The molecule has 0 saturated heterocycles. The number of carboxylic acids is 1. The molecule has 0 aliphatic heterocycles. The van der Waals surface area contributed by atoms with E-state index in [1.807, 2.05) is 0 Å². The van der Waals surface area contributed by atoms with Crippen LogP contribution in [0, 0.1) is 0 Å². The number of carboxylic acid groups (broad SMARTS) is 1. The lowest BCUT2D eigenvalue weighted by Crippen LogP contribution is -2.26. The van der Waals surface area contributed by atoms with Crippen LogP contribution in [0.25, 0.3) is 0 Å². The Morgan fingerprint density at radius 3 is 3.00 bits per heavy atom. The van der Waals surface area contributed by atoms with Crippen LogP contribution < -0.4 is 9.64 Å². The lowest BCUT2D eigenvalue weighted by atomic mass is 10.5. The van der Waals surface area contributed by atoms with E-state index in [0.717, 1.165) is 0 Å². The van der Waals surface area contributed by atoms with Gasteiger partial charge in [-0.2, -0.15) is 4.98 Å². The number of carbonyl (C=O) groups is 1. The molecule has 76 valence electrons. The van der Waals surface area contributed by atoms with Crippen LogP contribution in [0.4, 0.5) is 5.82 Å². The number of aliphatic carboxylic acids is 1. The van der Waals surface area contributed by atoms with E-state index in [1.165, 1.54) is 18.2 Å². The molecule has 1 N–H and O–H groups in total. The number of hydrogen-bond donors (Lipinski definition) is 1. The van der Waals surface area contributed by atoms with Crippen molar-refractivity contribution in [2.45, 2.75) is 0 Å². The molecular formula is C8H11N3O3. The van der Waals surface area contributed by atoms with Crippen molar-refractivity contribution in [2.75, 3.05) is 25.6 Å². The highest BCUT2D eigenvalue weighted by atomic mass is 16.5. The maximum Gasteiger partial charge on any atom is 0.323 e. The lowest BCUT2D eigenvalue weighted by Gasteiger charge is -2.14. The minimum absolute atomic E-state index is 0.111. The zero-order valence-electron chi connectivity index (χ0n) is 7.97. The van der Waals surface area contributed by atoms with Crippen LogP contribution in [-0.4, -0.2) is 41.7 Å². The van der Waals surface area contributed by atoms with Gasteiger partial charge in [-0.05, 0) is 6.07 Å². The van der Waals surface area contributed by atoms with Gasteiger partial charge >= 0.3 is 12.0 Å². The van der Waals surface area contributed by atoms with Gasteiger partial charge < -0.3 is 14.7 Å². The predicted molar refractivity (Wildman–Crippen MR) is 49.5 cm³/mol. The van der Waals surface area contributed by atoms with Gasteiger partial charge in [0.15, 0.2) is 0 Å². The largest absolute Gasteiger partial charge is 0.480 e. The molecule has 0 amide bonds. The first-order valence-corrected chi connectivity index (χ1v) is 3.93. The number of methoxy groups -OCH3 is 1. The van der Waals surface area contributed by atoms with Crippen molar-refractivity contribution in [1.29, 1.82) is 0 Å². The fourth-order valence-corrected chi connectivity index (χ4v) is 0.927. The lowest BCUT2D eigenvalue weighted by molar-refractivity contribution is -0.135. The molecule has 0 saturated carbocycles. The Kier molecular flexibility index (Phi) is 3.22. The predicted octanol–water partition coefficient (Wildman–Crippen LogP) is 0.00600. The monoisotopic (exact) mass is 197 g/mol. The average molecular weight is 197 g/mol. The fraction of sp³-hybridized carbons (Fsp3) is 0.375. The second-order valence-corrected chi connectivity index (χ2v) is 2.65. The van der Waals surface area contributed by atoms with Crippen LogP contribution in [-0.2, 0) is 4.79 Å². The van der Waals surface area contributed by atoms with E-state index in [1.54, 1.807) is 13.1 Å². The number of ether oxygens (including phenoxy) is 1. The highest BCUT2D eigenvalue weighted by Crippen LogP contribution is 2.10. The molecule has 6 nitrogen and oxygen atoms in total. The molecule has 0 bridgehead atoms. The number of nitrogens with zero attached hydrogens (tertiary/aromatic N) is 3. The highest BCUT2D eigenvalue weighted by molar-refractivity contribution is 5.72. The van der Waals surface area contributed by atoms with Gasteiger partial charge in [-0.15, -0.1) is 0 Å². The Morgan fingerprint density at radius 1 is 1.71 bits per heavy atom. The number of hydrogen-bond acceptors (Lipinski definition) is 5. The van der Waals surface area contributed by atoms with Gasteiger partial charge in [0.05, 0.1) is 7.11 Å². The van der Waals surface area contributed by atoms with E-state index < -0.39 is 5.97 Å². The zero-order chi connectivity index (χ0) is 10.6. The normalized spacial score (nSPS) is 9.57. The summed E-state index contributed by atoms with van der Waals surface area (Å²) in [6.45, 7) is -0.111. The summed E-state index contributed by atoms with van der Waals surface area (Å²) < 4.78 is 4.81. The standard InChI is InChI=1S/C8H11N3O3/c1-11(5-7(12)13)6-3-4-9-8(10-6)14-2/h3-4H,5H2,1-2H3,(H,12,13). The van der Waals surface area contributed by atoms with Crippen LogP contribution in [0.5, 0.6) is 6.01 Å². The molecule has 0 spiro atoms. The second kappa shape index (κ2) is 4.40. The highest BCUT2D eigenvalue weighted by Gasteiger charge is 2.07. The van der Waals surface area contributed by atoms with Crippen LogP contribution in [0.2, 0.25) is 0 Å².